The van der Waals surface area contributed by atoms with E-state index in [1.54, 1.807) is 14.2 Å². The van der Waals surface area contributed by atoms with E-state index in [-0.39, 0.29) is 55.2 Å². The minimum atomic E-state index is -1.96. The Labute approximate surface area is 357 Å². The summed E-state index contributed by atoms with van der Waals surface area (Å²) in [4.78, 5) is 0. The molecule has 0 N–H and O–H groups in total. The van der Waals surface area contributed by atoms with Crippen molar-refractivity contribution in [1.82, 2.24) is 0 Å². The summed E-state index contributed by atoms with van der Waals surface area (Å²) in [7, 11) is 1.34. The van der Waals surface area contributed by atoms with Gasteiger partial charge in [0.05, 0.1) is 37.1 Å². The first kappa shape index (κ1) is 51.0. The Balaban J connectivity index is 1.48. The molecule has 2 heterocycles. The molecule has 0 saturated carbocycles. The Bertz CT molecular complexity index is 1210. The van der Waals surface area contributed by atoms with Crippen LogP contribution in [0.15, 0.2) is 30.3 Å². The van der Waals surface area contributed by atoms with Crippen molar-refractivity contribution in [3.8, 4) is 11.8 Å². The highest BCUT2D eigenvalue weighted by atomic mass is 28.4. The predicted molar refractivity (Wildman–Crippen MR) is 239 cm³/mol. The molecule has 334 valence electrons. The van der Waals surface area contributed by atoms with Crippen LogP contribution in [-0.2, 0) is 44.2 Å². The van der Waals surface area contributed by atoms with Crippen LogP contribution in [0.3, 0.4) is 0 Å². The molecule has 9 heteroatoms. The summed E-state index contributed by atoms with van der Waals surface area (Å²) < 4.78 is 49.3. The molecule has 1 aromatic carbocycles. The average molecular weight is 831 g/mol. The van der Waals surface area contributed by atoms with Gasteiger partial charge >= 0.3 is 0 Å². The van der Waals surface area contributed by atoms with Gasteiger partial charge in [-0.1, -0.05) is 153 Å². The molecule has 7 atom stereocenters. The molecule has 2 aliphatic heterocycles. The molecule has 0 bridgehead atoms. The third kappa shape index (κ3) is 20.5. The van der Waals surface area contributed by atoms with Gasteiger partial charge in [-0.15, -0.1) is 0 Å². The second-order valence-corrected chi connectivity index (χ2v) is 23.2. The second-order valence-electron chi connectivity index (χ2n) is 18.4. The van der Waals surface area contributed by atoms with E-state index in [2.05, 4.69) is 76.9 Å². The van der Waals surface area contributed by atoms with E-state index >= 15 is 0 Å². The van der Waals surface area contributed by atoms with Gasteiger partial charge in [0.15, 0.2) is 8.32 Å². The van der Waals surface area contributed by atoms with Crippen molar-refractivity contribution in [2.45, 2.75) is 230 Å². The zero-order valence-corrected chi connectivity index (χ0v) is 39.4. The van der Waals surface area contributed by atoms with E-state index < -0.39 is 14.4 Å². The van der Waals surface area contributed by atoms with Gasteiger partial charge in [-0.2, -0.15) is 0 Å². The Kier molecular flexibility index (Phi) is 26.3. The van der Waals surface area contributed by atoms with Crippen LogP contribution in [0.25, 0.3) is 0 Å². The molecule has 0 aliphatic carbocycles. The molecule has 2 aliphatic rings. The Morgan fingerprint density at radius 3 is 1.84 bits per heavy atom. The molecule has 8 nitrogen and oxygen atoms in total. The molecule has 3 rings (SSSR count). The van der Waals surface area contributed by atoms with E-state index in [1.807, 2.05) is 6.07 Å². The van der Waals surface area contributed by atoms with E-state index in [1.165, 1.54) is 76.2 Å². The summed E-state index contributed by atoms with van der Waals surface area (Å²) in [6.45, 7) is 15.9. The van der Waals surface area contributed by atoms with Gasteiger partial charge in [-0.05, 0) is 75.1 Å². The number of benzene rings is 1. The molecule has 58 heavy (non-hydrogen) atoms. The molecule has 0 amide bonds. The minimum Gasteiger partial charge on any atom is -0.411 e. The quantitative estimate of drug-likeness (QED) is 0.0308. The van der Waals surface area contributed by atoms with Crippen LogP contribution in [0.4, 0.5) is 0 Å². The summed E-state index contributed by atoms with van der Waals surface area (Å²) in [6.07, 6.45) is 24.3. The van der Waals surface area contributed by atoms with Crippen molar-refractivity contribution in [1.29, 1.82) is 0 Å². The summed E-state index contributed by atoms with van der Waals surface area (Å²) >= 11 is 0. The lowest BCUT2D eigenvalue weighted by molar-refractivity contribution is -0.128. The third-order valence-corrected chi connectivity index (χ3v) is 16.9. The fourth-order valence-corrected chi connectivity index (χ4v) is 9.24. The lowest BCUT2D eigenvalue weighted by Gasteiger charge is -2.41. The van der Waals surface area contributed by atoms with Crippen LogP contribution in [0.2, 0.25) is 18.1 Å². The van der Waals surface area contributed by atoms with Crippen molar-refractivity contribution in [3.05, 3.63) is 35.9 Å². The first-order chi connectivity index (χ1) is 28.1. The van der Waals surface area contributed by atoms with Gasteiger partial charge in [0.25, 0.3) is 0 Å². The van der Waals surface area contributed by atoms with Gasteiger partial charge in [0.1, 0.15) is 25.8 Å². The molecular weight excluding hydrogens is 745 g/mol. The minimum absolute atomic E-state index is 0.0283. The first-order valence-corrected chi connectivity index (χ1v) is 26.3. The van der Waals surface area contributed by atoms with Crippen molar-refractivity contribution in [2.75, 3.05) is 34.4 Å². The van der Waals surface area contributed by atoms with Crippen LogP contribution in [0.1, 0.15) is 168 Å². The van der Waals surface area contributed by atoms with Gasteiger partial charge < -0.3 is 37.6 Å². The molecule has 0 spiro atoms. The van der Waals surface area contributed by atoms with Crippen molar-refractivity contribution >= 4 is 8.32 Å². The second kappa shape index (κ2) is 29.8. The Hall–Kier alpha value is -1.32. The van der Waals surface area contributed by atoms with Crippen LogP contribution in [0, 0.1) is 11.8 Å². The fourth-order valence-electron chi connectivity index (χ4n) is 7.86. The number of rotatable bonds is 32. The smallest absolute Gasteiger partial charge is 0.192 e. The van der Waals surface area contributed by atoms with Crippen LogP contribution in [0.5, 0.6) is 0 Å². The zero-order valence-electron chi connectivity index (χ0n) is 38.4. The standard InChI is InChI=1S/C49H86O8Si/c1-9-10-11-12-13-14-15-16-19-25-30-48(57-58(7,8)49(2,3)4)47-36-35-46(56-47)45-34-33-44(55-45)43(54-40-51-6)32-31-42(53-39-50-5)29-24-18-17-20-26-37-52-38-41-27-22-21-23-28-41/h21-23,27-28,42-48H,9-20,24-26,29-30,33-40H2,1-8H3/t42-,43-,44-,45-,46-,47-,48-/m1/s1. The molecule has 1 aromatic rings. The van der Waals surface area contributed by atoms with Crippen LogP contribution >= 0.6 is 0 Å². The fraction of sp³-hybridized carbons (Fsp3) is 0.837. The maximum atomic E-state index is 7.14. The zero-order chi connectivity index (χ0) is 41.9. The number of unbranched alkanes of at least 4 members (excludes halogenated alkanes) is 13. The largest absolute Gasteiger partial charge is 0.411 e. The summed E-state index contributed by atoms with van der Waals surface area (Å²) in [5.74, 6) is 6.78. The molecule has 0 aromatic heterocycles. The topological polar surface area (TPSA) is 73.8 Å². The van der Waals surface area contributed by atoms with Crippen LogP contribution in [-0.4, -0.2) is 85.5 Å². The predicted octanol–water partition coefficient (Wildman–Crippen LogP) is 12.3. The normalized spacial score (nSPS) is 21.5. The summed E-state index contributed by atoms with van der Waals surface area (Å²) in [6, 6.07) is 10.4. The lowest BCUT2D eigenvalue weighted by Crippen LogP contribution is -2.47. The number of hydrogen-bond donors (Lipinski definition) is 0. The number of hydrogen-bond acceptors (Lipinski definition) is 8. The van der Waals surface area contributed by atoms with Gasteiger partial charge in [0, 0.05) is 20.8 Å². The molecular formula is C49H86O8Si. The summed E-state index contributed by atoms with van der Waals surface area (Å²) in [5, 5.41) is 0.160. The highest BCUT2D eigenvalue weighted by Crippen LogP contribution is 2.41. The number of methoxy groups -OCH3 is 2. The average Bonchev–Trinajstić information content (AvgIpc) is 3.90. The molecule has 0 unspecified atom stereocenters. The molecule has 2 saturated heterocycles. The Morgan fingerprint density at radius 2 is 1.22 bits per heavy atom. The summed E-state index contributed by atoms with van der Waals surface area (Å²) in [5.41, 5.74) is 1.22. The van der Waals surface area contributed by atoms with Gasteiger partial charge in [-0.25, -0.2) is 0 Å². The third-order valence-electron chi connectivity index (χ3n) is 12.4. The van der Waals surface area contributed by atoms with E-state index in [9.17, 15) is 0 Å². The van der Waals surface area contributed by atoms with E-state index in [0.29, 0.717) is 6.61 Å². The van der Waals surface area contributed by atoms with Crippen molar-refractivity contribution in [3.63, 3.8) is 0 Å². The lowest BCUT2D eigenvalue weighted by atomic mass is 10.0. The maximum absolute atomic E-state index is 7.14. The highest BCUT2D eigenvalue weighted by Gasteiger charge is 2.45. The van der Waals surface area contributed by atoms with E-state index in [0.717, 1.165) is 70.8 Å². The SMILES string of the molecule is CCCCCCCCCCCC[C@@H](O[Si](C)(C)C(C)(C)C)[C@H]1CC[C@H]([C@H]2CC[C@H]([C@@H](C#C[C@@H](CCCCCCCOCc3ccccc3)OCOC)OCOC)O2)O1. The number of ether oxygens (including phenoxy) is 7. The van der Waals surface area contributed by atoms with E-state index in [4.69, 9.17) is 37.6 Å². The van der Waals surface area contributed by atoms with Crippen LogP contribution < -0.4 is 0 Å². The first-order valence-electron chi connectivity index (χ1n) is 23.4. The van der Waals surface area contributed by atoms with Crippen molar-refractivity contribution < 1.29 is 37.6 Å². The van der Waals surface area contributed by atoms with Gasteiger partial charge in [0.2, 0.25) is 0 Å². The highest BCUT2D eigenvalue weighted by molar-refractivity contribution is 6.74. The van der Waals surface area contributed by atoms with Gasteiger partial charge in [-0.3, -0.25) is 0 Å². The maximum Gasteiger partial charge on any atom is 0.192 e. The molecule has 2 fully saturated rings. The monoisotopic (exact) mass is 831 g/mol. The van der Waals surface area contributed by atoms with Crippen molar-refractivity contribution in [2.24, 2.45) is 0 Å². The Morgan fingerprint density at radius 1 is 0.672 bits per heavy atom. The molecule has 0 radical (unpaired) electrons.